The number of fused-ring (bicyclic) bond motifs is 1. The number of rotatable bonds is 5. The molecule has 21 heavy (non-hydrogen) atoms. The fourth-order valence-electron chi connectivity index (χ4n) is 3.52. The molecule has 3 rings (SSSR count). The predicted octanol–water partition coefficient (Wildman–Crippen LogP) is 2.71. The molecule has 0 aromatic carbocycles. The molecule has 2 aliphatic rings. The molecule has 0 amide bonds. The summed E-state index contributed by atoms with van der Waals surface area (Å²) in [7, 11) is 0. The second-order valence-electron chi connectivity index (χ2n) is 6.44. The molecular weight excluding hydrogens is 280 g/mol. The smallest absolute Gasteiger partial charge is 0.185 e. The lowest BCUT2D eigenvalue weighted by Crippen LogP contribution is -2.58. The summed E-state index contributed by atoms with van der Waals surface area (Å²) < 4.78 is 0. The zero-order valence-electron chi connectivity index (χ0n) is 13.3. The third kappa shape index (κ3) is 3.58. The number of piperidine rings is 1. The van der Waals surface area contributed by atoms with E-state index in [1.165, 1.54) is 49.6 Å². The second-order valence-corrected chi connectivity index (χ2v) is 7.28. The van der Waals surface area contributed by atoms with Crippen molar-refractivity contribution in [3.63, 3.8) is 0 Å². The lowest BCUT2D eigenvalue weighted by atomic mass is 9.97. The van der Waals surface area contributed by atoms with Gasteiger partial charge in [-0.05, 0) is 39.3 Å². The van der Waals surface area contributed by atoms with E-state index in [0.717, 1.165) is 25.7 Å². The molecular formula is C16H28N4S. The van der Waals surface area contributed by atoms with Gasteiger partial charge in [-0.1, -0.05) is 13.3 Å². The number of thiazole rings is 1. The van der Waals surface area contributed by atoms with Crippen molar-refractivity contribution in [1.29, 1.82) is 0 Å². The monoisotopic (exact) mass is 308 g/mol. The largest absolute Gasteiger partial charge is 0.343 e. The third-order valence-corrected chi connectivity index (χ3v) is 5.63. The van der Waals surface area contributed by atoms with E-state index >= 15 is 0 Å². The van der Waals surface area contributed by atoms with Crippen molar-refractivity contribution >= 4 is 16.5 Å². The van der Waals surface area contributed by atoms with Crippen LogP contribution >= 0.6 is 11.3 Å². The molecule has 2 aliphatic heterocycles. The van der Waals surface area contributed by atoms with Gasteiger partial charge in [0.05, 0.1) is 5.69 Å². The predicted molar refractivity (Wildman–Crippen MR) is 90.1 cm³/mol. The fraction of sp³-hybridized carbons (Fsp3) is 0.812. The van der Waals surface area contributed by atoms with E-state index in [4.69, 9.17) is 4.98 Å². The van der Waals surface area contributed by atoms with E-state index in [1.54, 1.807) is 0 Å². The lowest BCUT2D eigenvalue weighted by Gasteiger charge is -2.47. The summed E-state index contributed by atoms with van der Waals surface area (Å²) >= 11 is 1.81. The van der Waals surface area contributed by atoms with E-state index in [1.807, 2.05) is 11.3 Å². The minimum absolute atomic E-state index is 0.585. The first-order valence-corrected chi connectivity index (χ1v) is 9.31. The molecule has 1 aromatic rings. The Labute approximate surface area is 132 Å². The quantitative estimate of drug-likeness (QED) is 0.848. The van der Waals surface area contributed by atoms with Gasteiger partial charge >= 0.3 is 0 Å². The van der Waals surface area contributed by atoms with Crippen molar-refractivity contribution in [3.05, 3.63) is 11.1 Å². The van der Waals surface area contributed by atoms with Gasteiger partial charge in [0.15, 0.2) is 5.13 Å². The maximum atomic E-state index is 4.86. The highest BCUT2D eigenvalue weighted by atomic mass is 32.1. The van der Waals surface area contributed by atoms with E-state index in [-0.39, 0.29) is 0 Å². The summed E-state index contributed by atoms with van der Waals surface area (Å²) in [6.07, 6.45) is 5.32. The van der Waals surface area contributed by atoms with Crippen molar-refractivity contribution in [1.82, 2.24) is 15.2 Å². The molecule has 1 aromatic heterocycles. The van der Waals surface area contributed by atoms with Gasteiger partial charge in [0, 0.05) is 37.1 Å². The van der Waals surface area contributed by atoms with Crippen LogP contribution in [-0.4, -0.2) is 48.1 Å². The number of aromatic nitrogens is 1. The van der Waals surface area contributed by atoms with Gasteiger partial charge in [-0.3, -0.25) is 4.90 Å². The molecule has 118 valence electrons. The van der Waals surface area contributed by atoms with Gasteiger partial charge in [0.2, 0.25) is 0 Å². The topological polar surface area (TPSA) is 31.4 Å². The first-order chi connectivity index (χ1) is 10.3. The SMILES string of the molecule is CCCNCc1csc(N2CC3CCCCN3CC2C)n1. The summed E-state index contributed by atoms with van der Waals surface area (Å²) in [5.41, 5.74) is 1.20. The molecule has 2 saturated heterocycles. The van der Waals surface area contributed by atoms with Crippen LogP contribution in [0.15, 0.2) is 5.38 Å². The summed E-state index contributed by atoms with van der Waals surface area (Å²) in [6, 6.07) is 1.34. The lowest BCUT2D eigenvalue weighted by molar-refractivity contribution is 0.115. The van der Waals surface area contributed by atoms with Crippen LogP contribution in [0.25, 0.3) is 0 Å². The van der Waals surface area contributed by atoms with Crippen LogP contribution in [0.1, 0.15) is 45.2 Å². The maximum absolute atomic E-state index is 4.86. The zero-order valence-corrected chi connectivity index (χ0v) is 14.2. The van der Waals surface area contributed by atoms with Crippen LogP contribution < -0.4 is 10.2 Å². The molecule has 2 unspecified atom stereocenters. The van der Waals surface area contributed by atoms with Crippen LogP contribution in [0, 0.1) is 0 Å². The normalized spacial score (nSPS) is 26.9. The Morgan fingerprint density at radius 2 is 2.29 bits per heavy atom. The van der Waals surface area contributed by atoms with Crippen molar-refractivity contribution in [3.8, 4) is 0 Å². The minimum atomic E-state index is 0.585. The van der Waals surface area contributed by atoms with Crippen molar-refractivity contribution in [2.24, 2.45) is 0 Å². The Morgan fingerprint density at radius 1 is 1.38 bits per heavy atom. The number of hydrogen-bond acceptors (Lipinski definition) is 5. The van der Waals surface area contributed by atoms with Crippen LogP contribution in [0.3, 0.4) is 0 Å². The van der Waals surface area contributed by atoms with Gasteiger partial charge in [0.25, 0.3) is 0 Å². The fourth-order valence-corrected chi connectivity index (χ4v) is 4.46. The van der Waals surface area contributed by atoms with Crippen LogP contribution in [0.4, 0.5) is 5.13 Å². The van der Waals surface area contributed by atoms with Gasteiger partial charge in [-0.25, -0.2) is 4.98 Å². The minimum Gasteiger partial charge on any atom is -0.343 e. The highest BCUT2D eigenvalue weighted by molar-refractivity contribution is 7.13. The van der Waals surface area contributed by atoms with Crippen LogP contribution in [-0.2, 0) is 6.54 Å². The van der Waals surface area contributed by atoms with Crippen LogP contribution in [0.2, 0.25) is 0 Å². The molecule has 0 radical (unpaired) electrons. The summed E-state index contributed by atoms with van der Waals surface area (Å²) in [5.74, 6) is 0. The zero-order chi connectivity index (χ0) is 14.7. The second kappa shape index (κ2) is 7.07. The van der Waals surface area contributed by atoms with Crippen molar-refractivity contribution in [2.45, 2.75) is 58.2 Å². The summed E-state index contributed by atoms with van der Waals surface area (Å²) in [5, 5.41) is 6.88. The van der Waals surface area contributed by atoms with E-state index in [9.17, 15) is 0 Å². The van der Waals surface area contributed by atoms with Crippen LogP contribution in [0.5, 0.6) is 0 Å². The molecule has 1 N–H and O–H groups in total. The Hall–Kier alpha value is -0.650. The highest BCUT2D eigenvalue weighted by Crippen LogP contribution is 2.30. The average Bonchev–Trinajstić information content (AvgIpc) is 2.95. The Morgan fingerprint density at radius 3 is 3.14 bits per heavy atom. The van der Waals surface area contributed by atoms with Crippen molar-refractivity contribution in [2.75, 3.05) is 31.1 Å². The van der Waals surface area contributed by atoms with Gasteiger partial charge < -0.3 is 10.2 Å². The van der Waals surface area contributed by atoms with Gasteiger partial charge in [-0.15, -0.1) is 11.3 Å². The van der Waals surface area contributed by atoms with E-state index in [2.05, 4.69) is 34.3 Å². The number of nitrogens with zero attached hydrogens (tertiary/aromatic N) is 3. The Balaban J connectivity index is 1.62. The molecule has 3 heterocycles. The number of nitrogens with one attached hydrogen (secondary N) is 1. The van der Waals surface area contributed by atoms with E-state index < -0.39 is 0 Å². The third-order valence-electron chi connectivity index (χ3n) is 4.71. The molecule has 0 aliphatic carbocycles. The molecule has 0 bridgehead atoms. The molecule has 0 spiro atoms. The molecule has 4 nitrogen and oxygen atoms in total. The Kier molecular flexibility index (Phi) is 5.14. The summed E-state index contributed by atoms with van der Waals surface area (Å²) in [6.45, 7) is 10.2. The number of piperazine rings is 1. The van der Waals surface area contributed by atoms with Gasteiger partial charge in [-0.2, -0.15) is 0 Å². The standard InChI is InChI=1S/C16H28N4S/c1-3-7-17-9-14-12-21-16(18-14)20-11-15-6-4-5-8-19(15)10-13(20)2/h12-13,15,17H,3-11H2,1-2H3. The van der Waals surface area contributed by atoms with Gasteiger partial charge in [0.1, 0.15) is 0 Å². The first-order valence-electron chi connectivity index (χ1n) is 8.43. The van der Waals surface area contributed by atoms with Crippen molar-refractivity contribution < 1.29 is 0 Å². The first kappa shape index (κ1) is 15.3. The molecule has 2 fully saturated rings. The Bertz CT molecular complexity index is 447. The number of hydrogen-bond donors (Lipinski definition) is 1. The number of anilines is 1. The molecule has 2 atom stereocenters. The average molecular weight is 308 g/mol. The highest BCUT2D eigenvalue weighted by Gasteiger charge is 2.33. The maximum Gasteiger partial charge on any atom is 0.185 e. The van der Waals surface area contributed by atoms with E-state index in [0.29, 0.717) is 6.04 Å². The molecule has 0 saturated carbocycles. The molecule has 5 heteroatoms. The summed E-state index contributed by atoms with van der Waals surface area (Å²) in [4.78, 5) is 10.1.